The summed E-state index contributed by atoms with van der Waals surface area (Å²) in [5.74, 6) is -0.203. The molecule has 0 heterocycles. The Kier molecular flexibility index (Phi) is 5.48. The second-order valence-corrected chi connectivity index (χ2v) is 5.47. The Bertz CT molecular complexity index is 569. The van der Waals surface area contributed by atoms with Crippen LogP contribution in [0.2, 0.25) is 0 Å². The smallest absolute Gasteiger partial charge is 0.123 e. The lowest BCUT2D eigenvalue weighted by atomic mass is 9.99. The molecule has 1 atom stereocenters. The molecule has 112 valence electrons. The van der Waals surface area contributed by atoms with Crippen molar-refractivity contribution in [2.24, 2.45) is 5.73 Å². The van der Waals surface area contributed by atoms with E-state index in [0.717, 1.165) is 24.1 Å². The molecule has 3 heteroatoms. The number of nitrogens with zero attached hydrogens (tertiary/aromatic N) is 1. The van der Waals surface area contributed by atoms with Gasteiger partial charge in [0.1, 0.15) is 5.82 Å². The van der Waals surface area contributed by atoms with E-state index in [0.29, 0.717) is 6.54 Å². The average Bonchev–Trinajstić information content (AvgIpc) is 2.50. The van der Waals surface area contributed by atoms with Gasteiger partial charge in [0, 0.05) is 19.1 Å². The third-order valence-electron chi connectivity index (χ3n) is 3.95. The molecule has 0 aliphatic carbocycles. The number of benzene rings is 2. The van der Waals surface area contributed by atoms with Crippen LogP contribution in [0.4, 0.5) is 4.39 Å². The van der Waals surface area contributed by atoms with Crippen molar-refractivity contribution >= 4 is 0 Å². The fourth-order valence-corrected chi connectivity index (χ4v) is 2.62. The molecule has 2 aromatic rings. The van der Waals surface area contributed by atoms with Crippen molar-refractivity contribution in [2.45, 2.75) is 19.4 Å². The number of nitrogens with two attached hydrogens (primary N) is 1. The van der Waals surface area contributed by atoms with E-state index in [1.54, 1.807) is 6.07 Å². The van der Waals surface area contributed by atoms with Gasteiger partial charge in [-0.25, -0.2) is 4.39 Å². The summed E-state index contributed by atoms with van der Waals surface area (Å²) in [4.78, 5) is 2.20. The van der Waals surface area contributed by atoms with E-state index in [1.807, 2.05) is 38.2 Å². The summed E-state index contributed by atoms with van der Waals surface area (Å²) in [6.45, 7) is 3.37. The minimum Gasteiger partial charge on any atom is -0.329 e. The Morgan fingerprint density at radius 1 is 1.14 bits per heavy atom. The molecule has 0 fully saturated rings. The number of aryl methyl sites for hydroxylation is 1. The summed E-state index contributed by atoms with van der Waals surface area (Å²) in [6, 6.07) is 15.3. The number of halogens is 1. The van der Waals surface area contributed by atoms with Gasteiger partial charge < -0.3 is 5.73 Å². The van der Waals surface area contributed by atoms with Gasteiger partial charge in [-0.05, 0) is 49.2 Å². The summed E-state index contributed by atoms with van der Waals surface area (Å²) in [7, 11) is 2.05. The van der Waals surface area contributed by atoms with Gasteiger partial charge in [-0.1, -0.05) is 36.4 Å². The molecule has 0 bridgehead atoms. The van der Waals surface area contributed by atoms with Crippen LogP contribution >= 0.6 is 0 Å². The SMILES string of the molecule is Cc1ccc(F)cc1C(CN)N(C)CCc1ccccc1. The standard InChI is InChI=1S/C18H23FN2/c1-14-8-9-16(19)12-17(14)18(13-20)21(2)11-10-15-6-4-3-5-7-15/h3-9,12,18H,10-11,13,20H2,1-2H3. The largest absolute Gasteiger partial charge is 0.329 e. The van der Waals surface area contributed by atoms with E-state index >= 15 is 0 Å². The first-order valence-corrected chi connectivity index (χ1v) is 7.32. The van der Waals surface area contributed by atoms with Crippen LogP contribution in [-0.2, 0) is 6.42 Å². The van der Waals surface area contributed by atoms with Crippen molar-refractivity contribution in [3.63, 3.8) is 0 Å². The minimum atomic E-state index is -0.203. The predicted octanol–water partition coefficient (Wildman–Crippen LogP) is 3.31. The molecule has 1 unspecified atom stereocenters. The topological polar surface area (TPSA) is 29.3 Å². The highest BCUT2D eigenvalue weighted by molar-refractivity contribution is 5.30. The van der Waals surface area contributed by atoms with E-state index in [9.17, 15) is 4.39 Å². The molecule has 0 saturated carbocycles. The molecule has 2 aromatic carbocycles. The van der Waals surface area contributed by atoms with Gasteiger partial charge in [0.05, 0.1) is 0 Å². The summed E-state index contributed by atoms with van der Waals surface area (Å²) in [5.41, 5.74) is 9.29. The van der Waals surface area contributed by atoms with Gasteiger partial charge in [-0.15, -0.1) is 0 Å². The minimum absolute atomic E-state index is 0.0458. The first-order valence-electron chi connectivity index (χ1n) is 7.32. The van der Waals surface area contributed by atoms with Crippen molar-refractivity contribution in [3.05, 3.63) is 71.0 Å². The highest BCUT2D eigenvalue weighted by atomic mass is 19.1. The quantitative estimate of drug-likeness (QED) is 0.882. The number of rotatable bonds is 6. The molecule has 2 rings (SSSR count). The van der Waals surface area contributed by atoms with Crippen LogP contribution in [0.25, 0.3) is 0 Å². The lowest BCUT2D eigenvalue weighted by Gasteiger charge is -2.28. The lowest BCUT2D eigenvalue weighted by molar-refractivity contribution is 0.252. The maximum atomic E-state index is 13.5. The van der Waals surface area contributed by atoms with E-state index in [1.165, 1.54) is 11.6 Å². The van der Waals surface area contributed by atoms with E-state index < -0.39 is 0 Å². The second kappa shape index (κ2) is 7.34. The van der Waals surface area contributed by atoms with Crippen LogP contribution in [0.15, 0.2) is 48.5 Å². The normalized spacial score (nSPS) is 12.6. The van der Waals surface area contributed by atoms with Crippen LogP contribution in [0.5, 0.6) is 0 Å². The van der Waals surface area contributed by atoms with Gasteiger partial charge in [0.25, 0.3) is 0 Å². The summed E-state index contributed by atoms with van der Waals surface area (Å²) in [5, 5.41) is 0. The van der Waals surface area contributed by atoms with Crippen LogP contribution in [0.1, 0.15) is 22.7 Å². The maximum Gasteiger partial charge on any atom is 0.123 e. The highest BCUT2D eigenvalue weighted by Crippen LogP contribution is 2.23. The maximum absolute atomic E-state index is 13.5. The van der Waals surface area contributed by atoms with Gasteiger partial charge in [-0.3, -0.25) is 4.90 Å². The van der Waals surface area contributed by atoms with Crippen molar-refractivity contribution in [2.75, 3.05) is 20.1 Å². The van der Waals surface area contributed by atoms with E-state index in [2.05, 4.69) is 17.0 Å². The van der Waals surface area contributed by atoms with Crippen molar-refractivity contribution in [1.82, 2.24) is 4.90 Å². The monoisotopic (exact) mass is 286 g/mol. The Balaban J connectivity index is 2.08. The fourth-order valence-electron chi connectivity index (χ4n) is 2.62. The zero-order valence-corrected chi connectivity index (χ0v) is 12.7. The van der Waals surface area contributed by atoms with Gasteiger partial charge in [0.15, 0.2) is 0 Å². The highest BCUT2D eigenvalue weighted by Gasteiger charge is 2.17. The molecular weight excluding hydrogens is 263 g/mol. The Hall–Kier alpha value is -1.71. The Labute approximate surface area is 126 Å². The Morgan fingerprint density at radius 2 is 1.86 bits per heavy atom. The molecule has 0 saturated heterocycles. The predicted molar refractivity (Wildman–Crippen MR) is 85.7 cm³/mol. The molecule has 0 radical (unpaired) electrons. The molecule has 0 aromatic heterocycles. The number of likely N-dealkylation sites (N-methyl/N-ethyl adjacent to an activating group) is 1. The van der Waals surface area contributed by atoms with Crippen LogP contribution in [0, 0.1) is 12.7 Å². The molecule has 0 aliphatic heterocycles. The molecular formula is C18H23FN2. The van der Waals surface area contributed by atoms with E-state index in [4.69, 9.17) is 5.73 Å². The third-order valence-corrected chi connectivity index (χ3v) is 3.95. The van der Waals surface area contributed by atoms with Crippen molar-refractivity contribution < 1.29 is 4.39 Å². The summed E-state index contributed by atoms with van der Waals surface area (Å²) < 4.78 is 13.5. The zero-order valence-electron chi connectivity index (χ0n) is 12.7. The Morgan fingerprint density at radius 3 is 2.52 bits per heavy atom. The van der Waals surface area contributed by atoms with Crippen molar-refractivity contribution in [1.29, 1.82) is 0 Å². The second-order valence-electron chi connectivity index (χ2n) is 5.47. The number of hydrogen-bond donors (Lipinski definition) is 1. The molecule has 2 N–H and O–H groups in total. The van der Waals surface area contributed by atoms with Crippen LogP contribution < -0.4 is 5.73 Å². The van der Waals surface area contributed by atoms with Gasteiger partial charge in [-0.2, -0.15) is 0 Å². The zero-order chi connectivity index (χ0) is 15.2. The molecule has 0 aliphatic rings. The molecule has 21 heavy (non-hydrogen) atoms. The lowest BCUT2D eigenvalue weighted by Crippen LogP contribution is -2.32. The van der Waals surface area contributed by atoms with E-state index in [-0.39, 0.29) is 11.9 Å². The third kappa shape index (κ3) is 4.13. The average molecular weight is 286 g/mol. The van der Waals surface area contributed by atoms with Crippen LogP contribution in [-0.4, -0.2) is 25.0 Å². The first kappa shape index (κ1) is 15.7. The summed E-state index contributed by atoms with van der Waals surface area (Å²) in [6.07, 6.45) is 0.961. The van der Waals surface area contributed by atoms with Crippen molar-refractivity contribution in [3.8, 4) is 0 Å². The molecule has 0 spiro atoms. The van der Waals surface area contributed by atoms with Gasteiger partial charge in [0.2, 0.25) is 0 Å². The molecule has 0 amide bonds. The summed E-state index contributed by atoms with van der Waals surface area (Å²) >= 11 is 0. The fraction of sp³-hybridized carbons (Fsp3) is 0.333. The number of hydrogen-bond acceptors (Lipinski definition) is 2. The first-order chi connectivity index (χ1) is 10.1. The van der Waals surface area contributed by atoms with Gasteiger partial charge >= 0.3 is 0 Å². The van der Waals surface area contributed by atoms with Crippen LogP contribution in [0.3, 0.4) is 0 Å². The molecule has 2 nitrogen and oxygen atoms in total.